The predicted molar refractivity (Wildman–Crippen MR) is 62.7 cm³/mol. The van der Waals surface area contributed by atoms with Gasteiger partial charge in [-0.05, 0) is 5.56 Å². The van der Waals surface area contributed by atoms with Crippen molar-refractivity contribution < 1.29 is 5.11 Å². The molecule has 1 aromatic carbocycles. The van der Waals surface area contributed by atoms with Crippen molar-refractivity contribution in [2.75, 3.05) is 13.2 Å². The number of rotatable bonds is 4. The van der Waals surface area contributed by atoms with Crippen LogP contribution in [-0.4, -0.2) is 21.4 Å². The lowest BCUT2D eigenvalue weighted by atomic mass is 10.1. The second-order valence-corrected chi connectivity index (χ2v) is 4.06. The summed E-state index contributed by atoms with van der Waals surface area (Å²) in [4.78, 5) is 0. The van der Waals surface area contributed by atoms with E-state index >= 15 is 0 Å². The number of aliphatic hydroxyl groups is 1. The molecule has 0 saturated carbocycles. The lowest BCUT2D eigenvalue weighted by molar-refractivity contribution is 0.211. The van der Waals surface area contributed by atoms with E-state index in [1.54, 1.807) is 0 Å². The highest BCUT2D eigenvalue weighted by Crippen LogP contribution is 2.22. The van der Waals surface area contributed by atoms with Crippen LogP contribution in [0.1, 0.15) is 18.5 Å². The van der Waals surface area contributed by atoms with Gasteiger partial charge in [-0.1, -0.05) is 37.3 Å². The minimum absolute atomic E-state index is 0.117. The molecule has 3 heteroatoms. The lowest BCUT2D eigenvalue weighted by Crippen LogP contribution is -2.21. The molecule has 13 heavy (non-hydrogen) atoms. The van der Waals surface area contributed by atoms with E-state index in [9.17, 15) is 5.11 Å². The third-order valence-electron chi connectivity index (χ3n) is 2.00. The molecule has 1 rings (SSSR count). The van der Waals surface area contributed by atoms with Crippen molar-refractivity contribution in [1.29, 1.82) is 0 Å². The van der Waals surface area contributed by atoms with Gasteiger partial charge in [0.05, 0.1) is 12.6 Å². The van der Waals surface area contributed by atoms with Crippen molar-refractivity contribution in [3.8, 4) is 0 Å². The summed E-state index contributed by atoms with van der Waals surface area (Å²) in [6.07, 6.45) is 0. The van der Waals surface area contributed by atoms with Crippen molar-refractivity contribution >= 4 is 22.9 Å². The van der Waals surface area contributed by atoms with Crippen LogP contribution in [0.2, 0.25) is 0 Å². The highest BCUT2D eigenvalue weighted by Gasteiger charge is 2.14. The first kappa shape index (κ1) is 10.9. The molecule has 0 heterocycles. The standard InChI is InChI=1S/C10H14INO/c1-2-12(11)10(8-13)9-6-4-3-5-7-9/h3-7,10,13H,2,8H2,1H3/t10-/m1/s1. The van der Waals surface area contributed by atoms with Crippen molar-refractivity contribution in [2.24, 2.45) is 0 Å². The summed E-state index contributed by atoms with van der Waals surface area (Å²) in [6, 6.07) is 10.2. The minimum Gasteiger partial charge on any atom is -0.394 e. The molecule has 0 fully saturated rings. The Hall–Kier alpha value is -0.130. The van der Waals surface area contributed by atoms with E-state index in [2.05, 4.69) is 32.9 Å². The van der Waals surface area contributed by atoms with E-state index in [0.717, 1.165) is 6.54 Å². The molecule has 0 aromatic heterocycles. The first-order valence-corrected chi connectivity index (χ1v) is 5.34. The van der Waals surface area contributed by atoms with Crippen LogP contribution < -0.4 is 0 Å². The Morgan fingerprint density at radius 3 is 2.46 bits per heavy atom. The average Bonchev–Trinajstić information content (AvgIpc) is 2.20. The summed E-state index contributed by atoms with van der Waals surface area (Å²) < 4.78 is 2.10. The molecule has 0 aliphatic carbocycles. The zero-order chi connectivity index (χ0) is 9.68. The highest BCUT2D eigenvalue weighted by molar-refractivity contribution is 14.1. The summed E-state index contributed by atoms with van der Waals surface area (Å²) in [5.41, 5.74) is 1.17. The van der Waals surface area contributed by atoms with Gasteiger partial charge >= 0.3 is 0 Å². The van der Waals surface area contributed by atoms with Crippen LogP contribution in [0.4, 0.5) is 0 Å². The van der Waals surface area contributed by atoms with Crippen molar-refractivity contribution in [3.63, 3.8) is 0 Å². The van der Waals surface area contributed by atoms with Crippen LogP contribution >= 0.6 is 22.9 Å². The number of aliphatic hydroxyl groups excluding tert-OH is 1. The van der Waals surface area contributed by atoms with E-state index in [0.29, 0.717) is 0 Å². The number of hydrogen-bond acceptors (Lipinski definition) is 2. The maximum absolute atomic E-state index is 9.23. The van der Waals surface area contributed by atoms with Gasteiger partial charge in [-0.25, -0.2) is 3.11 Å². The van der Waals surface area contributed by atoms with Gasteiger partial charge in [0, 0.05) is 29.4 Å². The zero-order valence-electron chi connectivity index (χ0n) is 7.65. The highest BCUT2D eigenvalue weighted by atomic mass is 127. The van der Waals surface area contributed by atoms with Gasteiger partial charge in [0.15, 0.2) is 0 Å². The van der Waals surface area contributed by atoms with E-state index < -0.39 is 0 Å². The Morgan fingerprint density at radius 1 is 1.38 bits per heavy atom. The Morgan fingerprint density at radius 2 is 2.00 bits per heavy atom. The lowest BCUT2D eigenvalue weighted by Gasteiger charge is -2.22. The maximum atomic E-state index is 9.23. The number of nitrogens with zero attached hydrogens (tertiary/aromatic N) is 1. The van der Waals surface area contributed by atoms with Gasteiger partial charge in [-0.15, -0.1) is 0 Å². The van der Waals surface area contributed by atoms with Gasteiger partial charge in [0.25, 0.3) is 0 Å². The minimum atomic E-state index is 0.117. The van der Waals surface area contributed by atoms with E-state index in [1.165, 1.54) is 5.56 Å². The molecule has 0 aliphatic heterocycles. The van der Waals surface area contributed by atoms with Crippen molar-refractivity contribution in [3.05, 3.63) is 35.9 Å². The summed E-state index contributed by atoms with van der Waals surface area (Å²) in [7, 11) is 0. The molecule has 0 bridgehead atoms. The zero-order valence-corrected chi connectivity index (χ0v) is 9.81. The molecule has 0 unspecified atom stereocenters. The van der Waals surface area contributed by atoms with Gasteiger partial charge in [-0.2, -0.15) is 0 Å². The Kier molecular flexibility index (Phi) is 4.69. The molecule has 0 radical (unpaired) electrons. The largest absolute Gasteiger partial charge is 0.394 e. The van der Waals surface area contributed by atoms with E-state index in [4.69, 9.17) is 0 Å². The van der Waals surface area contributed by atoms with Crippen LogP contribution in [0.25, 0.3) is 0 Å². The van der Waals surface area contributed by atoms with Gasteiger partial charge in [0.2, 0.25) is 0 Å². The number of benzene rings is 1. The molecule has 1 N–H and O–H groups in total. The Labute approximate surface area is 93.1 Å². The SMILES string of the molecule is CCN(I)[C@H](CO)c1ccccc1. The molecule has 0 saturated heterocycles. The van der Waals surface area contributed by atoms with E-state index in [1.807, 2.05) is 30.3 Å². The number of halogens is 1. The number of likely N-dealkylation sites (N-methyl/N-ethyl adjacent to an activating group) is 1. The molecule has 0 aliphatic rings. The molecular formula is C10H14INO. The molecule has 0 spiro atoms. The van der Waals surface area contributed by atoms with Gasteiger partial charge < -0.3 is 5.11 Å². The third-order valence-corrected chi connectivity index (χ3v) is 3.35. The van der Waals surface area contributed by atoms with Crippen LogP contribution in [0.5, 0.6) is 0 Å². The van der Waals surface area contributed by atoms with Crippen LogP contribution in [0, 0.1) is 0 Å². The topological polar surface area (TPSA) is 23.5 Å². The van der Waals surface area contributed by atoms with Crippen molar-refractivity contribution in [1.82, 2.24) is 3.11 Å². The molecular weight excluding hydrogens is 277 g/mol. The fourth-order valence-corrected chi connectivity index (χ4v) is 1.75. The van der Waals surface area contributed by atoms with Crippen LogP contribution in [-0.2, 0) is 0 Å². The molecule has 2 nitrogen and oxygen atoms in total. The molecule has 0 amide bonds. The second-order valence-electron chi connectivity index (χ2n) is 2.82. The fraction of sp³-hybridized carbons (Fsp3) is 0.400. The predicted octanol–water partition coefficient (Wildman–Crippen LogP) is 2.39. The quantitative estimate of drug-likeness (QED) is 0.680. The van der Waals surface area contributed by atoms with E-state index in [-0.39, 0.29) is 12.6 Å². The first-order valence-electron chi connectivity index (χ1n) is 4.37. The third kappa shape index (κ3) is 2.93. The normalized spacial score (nSPS) is 13.2. The van der Waals surface area contributed by atoms with Crippen molar-refractivity contribution in [2.45, 2.75) is 13.0 Å². The van der Waals surface area contributed by atoms with Gasteiger partial charge in [-0.3, -0.25) is 0 Å². The van der Waals surface area contributed by atoms with Gasteiger partial charge in [0.1, 0.15) is 0 Å². The smallest absolute Gasteiger partial charge is 0.0674 e. The molecule has 72 valence electrons. The maximum Gasteiger partial charge on any atom is 0.0674 e. The summed E-state index contributed by atoms with van der Waals surface area (Å²) >= 11 is 2.24. The second kappa shape index (κ2) is 5.57. The summed E-state index contributed by atoms with van der Waals surface area (Å²) in [5, 5.41) is 9.23. The number of hydrogen-bond donors (Lipinski definition) is 1. The summed E-state index contributed by atoms with van der Waals surface area (Å²) in [6.45, 7) is 3.18. The fourth-order valence-electron chi connectivity index (χ4n) is 1.25. The molecule has 1 aromatic rings. The monoisotopic (exact) mass is 291 g/mol. The first-order chi connectivity index (χ1) is 6.29. The summed E-state index contributed by atoms with van der Waals surface area (Å²) in [5.74, 6) is 0. The Balaban J connectivity index is 2.78. The van der Waals surface area contributed by atoms with Crippen LogP contribution in [0.15, 0.2) is 30.3 Å². The molecule has 1 atom stereocenters. The van der Waals surface area contributed by atoms with Crippen LogP contribution in [0.3, 0.4) is 0 Å². The Bertz CT molecular complexity index is 240. The average molecular weight is 291 g/mol.